The van der Waals surface area contributed by atoms with Crippen molar-refractivity contribution in [2.45, 2.75) is 13.5 Å². The summed E-state index contributed by atoms with van der Waals surface area (Å²) in [6.07, 6.45) is 0. The molecular formula is C18H14ClN5OS. The predicted octanol–water partition coefficient (Wildman–Crippen LogP) is 4.48. The average molecular weight is 384 g/mol. The molecule has 0 bridgehead atoms. The number of amides is 1. The van der Waals surface area contributed by atoms with Crippen LogP contribution in [-0.2, 0) is 6.54 Å². The van der Waals surface area contributed by atoms with Gasteiger partial charge in [0.2, 0.25) is 0 Å². The van der Waals surface area contributed by atoms with E-state index in [1.54, 1.807) is 16.8 Å². The third-order valence-corrected chi connectivity index (χ3v) is 4.95. The van der Waals surface area contributed by atoms with Crippen LogP contribution in [0.3, 0.4) is 0 Å². The molecule has 4 rings (SSSR count). The minimum atomic E-state index is -0.227. The molecule has 2 aromatic heterocycles. The van der Waals surface area contributed by atoms with Crippen LogP contribution < -0.4 is 5.32 Å². The molecule has 6 nitrogen and oxygen atoms in total. The Morgan fingerprint density at radius 1 is 1.23 bits per heavy atom. The summed E-state index contributed by atoms with van der Waals surface area (Å²) in [4.78, 5) is 17.0. The first-order valence-electron chi connectivity index (χ1n) is 8.00. The summed E-state index contributed by atoms with van der Waals surface area (Å²) >= 11 is 7.28. The molecule has 0 aliphatic heterocycles. The Bertz CT molecular complexity index is 1090. The number of rotatable bonds is 4. The second-order valence-corrected chi connectivity index (χ2v) is 6.90. The number of anilines is 1. The summed E-state index contributed by atoms with van der Waals surface area (Å²) in [5.74, 6) is -0.227. The number of hydrogen-bond acceptors (Lipinski definition) is 5. The van der Waals surface area contributed by atoms with Crippen molar-refractivity contribution in [2.75, 3.05) is 5.32 Å². The topological polar surface area (TPSA) is 72.7 Å². The number of fused-ring (bicyclic) bond motifs is 1. The molecule has 2 aromatic carbocycles. The summed E-state index contributed by atoms with van der Waals surface area (Å²) in [5.41, 5.74) is 3.86. The van der Waals surface area contributed by atoms with Crippen molar-refractivity contribution in [3.63, 3.8) is 0 Å². The number of carbonyl (C=O) groups is 1. The summed E-state index contributed by atoms with van der Waals surface area (Å²) in [6.45, 7) is 2.73. The van der Waals surface area contributed by atoms with Crippen LogP contribution in [0, 0.1) is 0 Å². The Morgan fingerprint density at radius 3 is 2.81 bits per heavy atom. The van der Waals surface area contributed by atoms with Gasteiger partial charge in [-0.25, -0.2) is 9.67 Å². The molecule has 4 aromatic rings. The van der Waals surface area contributed by atoms with E-state index in [0.717, 1.165) is 23.3 Å². The van der Waals surface area contributed by atoms with Crippen LogP contribution in [0.1, 0.15) is 17.3 Å². The molecular weight excluding hydrogens is 370 g/mol. The van der Waals surface area contributed by atoms with E-state index in [1.165, 1.54) is 11.3 Å². The van der Waals surface area contributed by atoms with Gasteiger partial charge in [-0.3, -0.25) is 10.1 Å². The third-order valence-electron chi connectivity index (χ3n) is 3.94. The van der Waals surface area contributed by atoms with E-state index in [9.17, 15) is 4.79 Å². The smallest absolute Gasteiger partial charge is 0.257 e. The van der Waals surface area contributed by atoms with Gasteiger partial charge in [-0.05, 0) is 37.3 Å². The van der Waals surface area contributed by atoms with E-state index >= 15 is 0 Å². The minimum absolute atomic E-state index is 0.227. The fourth-order valence-electron chi connectivity index (χ4n) is 2.60. The zero-order valence-electron chi connectivity index (χ0n) is 13.8. The molecule has 0 unspecified atom stereocenters. The van der Waals surface area contributed by atoms with Crippen molar-refractivity contribution >= 4 is 45.0 Å². The predicted molar refractivity (Wildman–Crippen MR) is 104 cm³/mol. The number of aryl methyl sites for hydroxylation is 1. The number of carbonyl (C=O) groups excluding carboxylic acids is 1. The van der Waals surface area contributed by atoms with Gasteiger partial charge >= 0.3 is 0 Å². The molecule has 130 valence electrons. The van der Waals surface area contributed by atoms with Crippen LogP contribution in [0.15, 0.2) is 47.8 Å². The number of nitrogens with zero attached hydrogens (tertiary/aromatic N) is 4. The van der Waals surface area contributed by atoms with Crippen LogP contribution in [-0.4, -0.2) is 25.9 Å². The quantitative estimate of drug-likeness (QED) is 0.564. The maximum Gasteiger partial charge on any atom is 0.257 e. The highest BCUT2D eigenvalue weighted by atomic mass is 35.5. The van der Waals surface area contributed by atoms with Gasteiger partial charge in [0.25, 0.3) is 5.91 Å². The molecule has 26 heavy (non-hydrogen) atoms. The highest BCUT2D eigenvalue weighted by Crippen LogP contribution is 2.26. The molecule has 2 heterocycles. The minimum Gasteiger partial charge on any atom is -0.298 e. The fraction of sp³-hybridized carbons (Fsp3) is 0.111. The van der Waals surface area contributed by atoms with Gasteiger partial charge in [-0.2, -0.15) is 0 Å². The van der Waals surface area contributed by atoms with Gasteiger partial charge in [0.15, 0.2) is 5.13 Å². The number of halogens is 1. The largest absolute Gasteiger partial charge is 0.298 e. The SMILES string of the molecule is CCn1nnc2cc(C(=O)Nc3nc(-c4ccc(Cl)cc4)cs3)ccc21. The third kappa shape index (κ3) is 3.18. The lowest BCUT2D eigenvalue weighted by atomic mass is 10.2. The summed E-state index contributed by atoms with van der Waals surface area (Å²) in [7, 11) is 0. The van der Waals surface area contributed by atoms with Crippen molar-refractivity contribution in [1.82, 2.24) is 20.0 Å². The van der Waals surface area contributed by atoms with E-state index < -0.39 is 0 Å². The zero-order valence-corrected chi connectivity index (χ0v) is 15.4. The van der Waals surface area contributed by atoms with Gasteiger partial charge in [0, 0.05) is 28.1 Å². The van der Waals surface area contributed by atoms with Crippen molar-refractivity contribution in [3.05, 3.63) is 58.4 Å². The Balaban J connectivity index is 1.54. The normalized spacial score (nSPS) is 11.0. The second-order valence-electron chi connectivity index (χ2n) is 5.61. The first-order chi connectivity index (χ1) is 12.6. The Hall–Kier alpha value is -2.77. The molecule has 0 fully saturated rings. The van der Waals surface area contributed by atoms with Gasteiger partial charge in [0.05, 0.1) is 11.2 Å². The first kappa shape index (κ1) is 16.7. The maximum absolute atomic E-state index is 12.5. The summed E-state index contributed by atoms with van der Waals surface area (Å²) < 4.78 is 1.79. The standard InChI is InChI=1S/C18H14ClN5OS/c1-2-24-16-8-5-12(9-14(16)22-23-24)17(25)21-18-20-15(10-26-18)11-3-6-13(19)7-4-11/h3-10H,2H2,1H3,(H,20,21,25). The Kier molecular flexibility index (Phi) is 4.40. The monoisotopic (exact) mass is 383 g/mol. The Labute approximate surface area is 158 Å². The van der Waals surface area contributed by atoms with Gasteiger partial charge < -0.3 is 0 Å². The van der Waals surface area contributed by atoms with Crippen molar-refractivity contribution < 1.29 is 4.79 Å². The lowest BCUT2D eigenvalue weighted by Crippen LogP contribution is -2.11. The number of benzene rings is 2. The number of thiazole rings is 1. The molecule has 0 aliphatic rings. The number of hydrogen-bond donors (Lipinski definition) is 1. The lowest BCUT2D eigenvalue weighted by molar-refractivity contribution is 0.102. The van der Waals surface area contributed by atoms with E-state index in [4.69, 9.17) is 11.6 Å². The Morgan fingerprint density at radius 2 is 2.04 bits per heavy atom. The van der Waals surface area contributed by atoms with Gasteiger partial charge in [-0.1, -0.05) is 28.9 Å². The van der Waals surface area contributed by atoms with Gasteiger partial charge in [0.1, 0.15) is 5.52 Å². The number of nitrogens with one attached hydrogen (secondary N) is 1. The van der Waals surface area contributed by atoms with E-state index in [0.29, 0.717) is 21.2 Å². The second kappa shape index (κ2) is 6.86. The molecule has 8 heteroatoms. The van der Waals surface area contributed by atoms with Crippen molar-refractivity contribution in [3.8, 4) is 11.3 Å². The average Bonchev–Trinajstić information content (AvgIpc) is 3.28. The van der Waals surface area contributed by atoms with Crippen LogP contribution in [0.25, 0.3) is 22.3 Å². The van der Waals surface area contributed by atoms with Crippen molar-refractivity contribution in [2.24, 2.45) is 0 Å². The van der Waals surface area contributed by atoms with Crippen LogP contribution in [0.2, 0.25) is 5.02 Å². The van der Waals surface area contributed by atoms with Crippen LogP contribution in [0.5, 0.6) is 0 Å². The highest BCUT2D eigenvalue weighted by Gasteiger charge is 2.12. The molecule has 0 saturated heterocycles. The summed E-state index contributed by atoms with van der Waals surface area (Å²) in [6, 6.07) is 12.8. The fourth-order valence-corrected chi connectivity index (χ4v) is 3.44. The zero-order chi connectivity index (χ0) is 18.1. The number of aromatic nitrogens is 4. The molecule has 1 amide bonds. The van der Waals surface area contributed by atoms with E-state index in [2.05, 4.69) is 20.6 Å². The molecule has 0 aliphatic carbocycles. The maximum atomic E-state index is 12.5. The first-order valence-corrected chi connectivity index (χ1v) is 9.26. The van der Waals surface area contributed by atoms with Crippen LogP contribution in [0.4, 0.5) is 5.13 Å². The molecule has 0 atom stereocenters. The van der Waals surface area contributed by atoms with Crippen LogP contribution >= 0.6 is 22.9 Å². The molecule has 1 N–H and O–H groups in total. The van der Waals surface area contributed by atoms with Crippen molar-refractivity contribution in [1.29, 1.82) is 0 Å². The highest BCUT2D eigenvalue weighted by molar-refractivity contribution is 7.14. The van der Waals surface area contributed by atoms with E-state index in [1.807, 2.05) is 42.6 Å². The molecule has 0 spiro atoms. The van der Waals surface area contributed by atoms with E-state index in [-0.39, 0.29) is 5.91 Å². The summed E-state index contributed by atoms with van der Waals surface area (Å²) in [5, 5.41) is 14.1. The molecule has 0 saturated carbocycles. The lowest BCUT2D eigenvalue weighted by Gasteiger charge is -2.02. The van der Waals surface area contributed by atoms with Gasteiger partial charge in [-0.15, -0.1) is 16.4 Å². The molecule has 0 radical (unpaired) electrons.